The van der Waals surface area contributed by atoms with Gasteiger partial charge in [0.1, 0.15) is 5.84 Å². The molecule has 0 saturated carbocycles. The van der Waals surface area contributed by atoms with Crippen LogP contribution < -0.4 is 5.32 Å². The van der Waals surface area contributed by atoms with Crippen molar-refractivity contribution in [2.24, 2.45) is 4.99 Å². The highest BCUT2D eigenvalue weighted by atomic mass is 79.9. The van der Waals surface area contributed by atoms with Crippen LogP contribution in [0.15, 0.2) is 27.7 Å². The van der Waals surface area contributed by atoms with Crippen molar-refractivity contribution >= 4 is 21.8 Å². The fraction of sp³-hybridized carbons (Fsp3) is 0.364. The Morgan fingerprint density at radius 2 is 2.29 bits per heavy atom. The van der Waals surface area contributed by atoms with Crippen LogP contribution in [-0.2, 0) is 0 Å². The standard InChI is InChI=1S/C11H13BrN2/c1-7-4-3-5-9(10(7)12)11-13-6-8(2)14-11/h3-5,8H,6H2,1-2H3,(H,13,14). The maximum absolute atomic E-state index is 4.46. The summed E-state index contributed by atoms with van der Waals surface area (Å²) in [7, 11) is 0. The summed E-state index contributed by atoms with van der Waals surface area (Å²) in [6, 6.07) is 6.69. The first kappa shape index (κ1) is 9.71. The first-order chi connectivity index (χ1) is 6.68. The normalized spacial score (nSPS) is 20.5. The molecule has 0 spiro atoms. The van der Waals surface area contributed by atoms with Gasteiger partial charge in [-0.25, -0.2) is 0 Å². The summed E-state index contributed by atoms with van der Waals surface area (Å²) in [6.07, 6.45) is 0. The molecule has 1 aliphatic heterocycles. The molecular weight excluding hydrogens is 240 g/mol. The van der Waals surface area contributed by atoms with Crippen LogP contribution in [-0.4, -0.2) is 18.4 Å². The van der Waals surface area contributed by atoms with E-state index in [2.05, 4.69) is 58.3 Å². The third-order valence-corrected chi connectivity index (χ3v) is 3.41. The van der Waals surface area contributed by atoms with Crippen LogP contribution in [0.1, 0.15) is 18.1 Å². The number of aryl methyl sites for hydroxylation is 1. The van der Waals surface area contributed by atoms with E-state index in [9.17, 15) is 0 Å². The second-order valence-corrected chi connectivity index (χ2v) is 4.46. The molecule has 0 radical (unpaired) electrons. The molecule has 2 rings (SSSR count). The predicted octanol–water partition coefficient (Wildman–Crippen LogP) is 2.50. The van der Waals surface area contributed by atoms with Crippen LogP contribution in [0.25, 0.3) is 0 Å². The molecule has 3 heteroatoms. The summed E-state index contributed by atoms with van der Waals surface area (Å²) in [5.41, 5.74) is 2.40. The molecule has 1 aromatic carbocycles. The number of amidine groups is 1. The van der Waals surface area contributed by atoms with Gasteiger partial charge in [-0.15, -0.1) is 0 Å². The van der Waals surface area contributed by atoms with Gasteiger partial charge in [0, 0.05) is 16.1 Å². The molecule has 0 aromatic heterocycles. The van der Waals surface area contributed by atoms with E-state index in [0.717, 1.165) is 22.4 Å². The zero-order valence-electron chi connectivity index (χ0n) is 8.34. The molecule has 0 amide bonds. The molecule has 14 heavy (non-hydrogen) atoms. The molecule has 1 aliphatic rings. The average Bonchev–Trinajstić information content (AvgIpc) is 2.57. The van der Waals surface area contributed by atoms with Gasteiger partial charge in [0.05, 0.1) is 6.54 Å². The largest absolute Gasteiger partial charge is 0.366 e. The highest BCUT2D eigenvalue weighted by molar-refractivity contribution is 9.10. The van der Waals surface area contributed by atoms with E-state index in [1.54, 1.807) is 0 Å². The summed E-state index contributed by atoms with van der Waals surface area (Å²) in [5.74, 6) is 1.01. The molecule has 2 nitrogen and oxygen atoms in total. The van der Waals surface area contributed by atoms with Crippen molar-refractivity contribution in [3.05, 3.63) is 33.8 Å². The molecule has 1 atom stereocenters. The van der Waals surface area contributed by atoms with Crippen molar-refractivity contribution < 1.29 is 0 Å². The maximum atomic E-state index is 4.46. The van der Waals surface area contributed by atoms with E-state index in [0.29, 0.717) is 6.04 Å². The van der Waals surface area contributed by atoms with Crippen molar-refractivity contribution in [3.8, 4) is 0 Å². The van der Waals surface area contributed by atoms with Gasteiger partial charge in [-0.3, -0.25) is 4.99 Å². The number of hydrogen-bond donors (Lipinski definition) is 1. The monoisotopic (exact) mass is 252 g/mol. The molecule has 1 N–H and O–H groups in total. The number of hydrogen-bond acceptors (Lipinski definition) is 2. The quantitative estimate of drug-likeness (QED) is 0.817. The van der Waals surface area contributed by atoms with E-state index >= 15 is 0 Å². The zero-order valence-corrected chi connectivity index (χ0v) is 9.93. The Balaban J connectivity index is 2.38. The Kier molecular flexibility index (Phi) is 2.59. The van der Waals surface area contributed by atoms with Gasteiger partial charge in [-0.1, -0.05) is 18.2 Å². The highest BCUT2D eigenvalue weighted by Gasteiger charge is 2.16. The zero-order chi connectivity index (χ0) is 10.1. The van der Waals surface area contributed by atoms with Crippen molar-refractivity contribution in [1.82, 2.24) is 5.32 Å². The van der Waals surface area contributed by atoms with Crippen molar-refractivity contribution in [2.45, 2.75) is 19.9 Å². The number of halogens is 1. The fourth-order valence-electron chi connectivity index (χ4n) is 1.55. The molecule has 1 aromatic rings. The second-order valence-electron chi connectivity index (χ2n) is 3.67. The lowest BCUT2D eigenvalue weighted by Gasteiger charge is -2.09. The predicted molar refractivity (Wildman–Crippen MR) is 62.9 cm³/mol. The second kappa shape index (κ2) is 3.73. The number of rotatable bonds is 1. The SMILES string of the molecule is Cc1cccc(C2=NCC(C)N2)c1Br. The van der Waals surface area contributed by atoms with Crippen molar-refractivity contribution in [1.29, 1.82) is 0 Å². The Morgan fingerprint density at radius 3 is 2.93 bits per heavy atom. The first-order valence-electron chi connectivity index (χ1n) is 4.75. The number of nitrogens with zero attached hydrogens (tertiary/aromatic N) is 1. The summed E-state index contributed by atoms with van der Waals surface area (Å²) in [4.78, 5) is 4.46. The Morgan fingerprint density at radius 1 is 1.50 bits per heavy atom. The van der Waals surface area contributed by atoms with E-state index in [-0.39, 0.29) is 0 Å². The van der Waals surface area contributed by atoms with Crippen LogP contribution in [0.4, 0.5) is 0 Å². The van der Waals surface area contributed by atoms with Gasteiger partial charge in [0.25, 0.3) is 0 Å². The number of nitrogens with one attached hydrogen (secondary N) is 1. The van der Waals surface area contributed by atoms with Crippen LogP contribution in [0.5, 0.6) is 0 Å². The molecule has 0 bridgehead atoms. The molecule has 0 aliphatic carbocycles. The summed E-state index contributed by atoms with van der Waals surface area (Å²) < 4.78 is 1.14. The van der Waals surface area contributed by atoms with Crippen LogP contribution >= 0.6 is 15.9 Å². The summed E-state index contributed by atoms with van der Waals surface area (Å²) >= 11 is 3.59. The molecule has 1 heterocycles. The van der Waals surface area contributed by atoms with Gasteiger partial charge in [0.2, 0.25) is 0 Å². The van der Waals surface area contributed by atoms with Crippen molar-refractivity contribution in [2.75, 3.05) is 6.54 Å². The smallest absolute Gasteiger partial charge is 0.129 e. The lowest BCUT2D eigenvalue weighted by molar-refractivity contribution is 0.726. The Hall–Kier alpha value is -0.830. The van der Waals surface area contributed by atoms with Crippen LogP contribution in [0.3, 0.4) is 0 Å². The van der Waals surface area contributed by atoms with Gasteiger partial charge in [-0.2, -0.15) is 0 Å². The van der Waals surface area contributed by atoms with Gasteiger partial charge in [0.15, 0.2) is 0 Å². The van der Waals surface area contributed by atoms with Gasteiger partial charge < -0.3 is 5.32 Å². The van der Waals surface area contributed by atoms with E-state index in [4.69, 9.17) is 0 Å². The molecule has 1 unspecified atom stereocenters. The fourth-order valence-corrected chi connectivity index (χ4v) is 2.00. The van der Waals surface area contributed by atoms with Crippen LogP contribution in [0.2, 0.25) is 0 Å². The topological polar surface area (TPSA) is 24.4 Å². The molecule has 74 valence electrons. The molecular formula is C11H13BrN2. The number of benzene rings is 1. The minimum absolute atomic E-state index is 0.456. The first-order valence-corrected chi connectivity index (χ1v) is 5.54. The maximum Gasteiger partial charge on any atom is 0.129 e. The van der Waals surface area contributed by atoms with Gasteiger partial charge >= 0.3 is 0 Å². The highest BCUT2D eigenvalue weighted by Crippen LogP contribution is 2.22. The minimum atomic E-state index is 0.456. The van der Waals surface area contributed by atoms with E-state index in [1.165, 1.54) is 5.56 Å². The third-order valence-electron chi connectivity index (χ3n) is 2.35. The van der Waals surface area contributed by atoms with Gasteiger partial charge in [-0.05, 0) is 35.3 Å². The average molecular weight is 253 g/mol. The molecule has 0 saturated heterocycles. The van der Waals surface area contributed by atoms with E-state index < -0.39 is 0 Å². The lowest BCUT2D eigenvalue weighted by Crippen LogP contribution is -2.27. The third kappa shape index (κ3) is 1.69. The lowest BCUT2D eigenvalue weighted by atomic mass is 10.1. The summed E-state index contributed by atoms with van der Waals surface area (Å²) in [5, 5.41) is 3.36. The Bertz CT molecular complexity index is 385. The van der Waals surface area contributed by atoms with E-state index in [1.807, 2.05) is 0 Å². The van der Waals surface area contributed by atoms with Crippen LogP contribution in [0, 0.1) is 6.92 Å². The van der Waals surface area contributed by atoms with Crippen molar-refractivity contribution in [3.63, 3.8) is 0 Å². The summed E-state index contributed by atoms with van der Waals surface area (Å²) in [6.45, 7) is 5.10. The minimum Gasteiger partial charge on any atom is -0.366 e. The number of aliphatic imine (C=N–C) groups is 1. The molecule has 0 fully saturated rings. The Labute approximate surface area is 92.6 Å².